The normalized spacial score (nSPS) is 29.5. The molecule has 0 aromatic heterocycles. The summed E-state index contributed by atoms with van der Waals surface area (Å²) in [5, 5.41) is 0. The van der Waals surface area contributed by atoms with Gasteiger partial charge in [0, 0.05) is 37.3 Å². The first kappa shape index (κ1) is 18.9. The Balaban J connectivity index is 1.68. The Hall–Kier alpha value is -1.92. The lowest BCUT2D eigenvalue weighted by Crippen LogP contribution is -2.48. The van der Waals surface area contributed by atoms with Crippen molar-refractivity contribution in [3.05, 3.63) is 35.4 Å². The van der Waals surface area contributed by atoms with Crippen LogP contribution in [-0.4, -0.2) is 72.2 Å². The van der Waals surface area contributed by atoms with Crippen LogP contribution < -0.4 is 0 Å². The van der Waals surface area contributed by atoms with Crippen LogP contribution in [-0.2, 0) is 9.47 Å². The van der Waals surface area contributed by atoms with Crippen LogP contribution in [0.25, 0.3) is 0 Å². The number of ether oxygens (including phenoxy) is 2. The van der Waals surface area contributed by atoms with Gasteiger partial charge in [-0.1, -0.05) is 0 Å². The number of amides is 2. The fourth-order valence-corrected chi connectivity index (χ4v) is 3.81. The molecule has 26 heavy (non-hydrogen) atoms. The molecule has 2 aliphatic rings. The van der Waals surface area contributed by atoms with Crippen LogP contribution in [0.15, 0.2) is 24.3 Å². The molecule has 2 amide bonds. The van der Waals surface area contributed by atoms with Crippen molar-refractivity contribution >= 4 is 11.8 Å². The Morgan fingerprint density at radius 1 is 0.692 bits per heavy atom. The van der Waals surface area contributed by atoms with Gasteiger partial charge in [-0.25, -0.2) is 0 Å². The van der Waals surface area contributed by atoms with Gasteiger partial charge in [0.25, 0.3) is 11.8 Å². The summed E-state index contributed by atoms with van der Waals surface area (Å²) in [5.74, 6) is -0.0285. The maximum atomic E-state index is 12.7. The Morgan fingerprint density at radius 3 is 1.23 bits per heavy atom. The zero-order valence-corrected chi connectivity index (χ0v) is 16.0. The largest absolute Gasteiger partial charge is 0.372 e. The Bertz CT molecular complexity index is 583. The van der Waals surface area contributed by atoms with Gasteiger partial charge in [0.05, 0.1) is 24.4 Å². The van der Waals surface area contributed by atoms with Crippen molar-refractivity contribution in [1.29, 1.82) is 0 Å². The average Bonchev–Trinajstić information content (AvgIpc) is 2.59. The highest BCUT2D eigenvalue weighted by molar-refractivity contribution is 5.98. The quantitative estimate of drug-likeness (QED) is 0.811. The lowest BCUT2D eigenvalue weighted by atomic mass is 10.1. The summed E-state index contributed by atoms with van der Waals surface area (Å²) in [4.78, 5) is 29.1. The predicted molar refractivity (Wildman–Crippen MR) is 98.3 cm³/mol. The van der Waals surface area contributed by atoms with E-state index < -0.39 is 0 Å². The lowest BCUT2D eigenvalue weighted by Gasteiger charge is -2.35. The molecule has 6 heteroatoms. The van der Waals surface area contributed by atoms with Crippen molar-refractivity contribution in [1.82, 2.24) is 9.80 Å². The minimum atomic E-state index is -0.0142. The number of hydrogen-bond donors (Lipinski definition) is 0. The molecule has 2 saturated heterocycles. The molecule has 0 aliphatic carbocycles. The number of carbonyl (C=O) groups excluding carboxylic acids is 2. The molecule has 142 valence electrons. The van der Waals surface area contributed by atoms with E-state index in [1.54, 1.807) is 24.3 Å². The van der Waals surface area contributed by atoms with Crippen LogP contribution in [0.1, 0.15) is 48.4 Å². The third-order valence-electron chi connectivity index (χ3n) is 4.79. The zero-order valence-electron chi connectivity index (χ0n) is 16.0. The minimum absolute atomic E-state index is 0.0142. The van der Waals surface area contributed by atoms with Crippen LogP contribution >= 0.6 is 0 Å². The van der Waals surface area contributed by atoms with Gasteiger partial charge in [0.1, 0.15) is 0 Å². The molecule has 0 bridgehead atoms. The van der Waals surface area contributed by atoms with Crippen molar-refractivity contribution in [3.63, 3.8) is 0 Å². The van der Waals surface area contributed by atoms with E-state index in [0.29, 0.717) is 37.3 Å². The fraction of sp³-hybridized carbons (Fsp3) is 0.600. The molecule has 2 fully saturated rings. The summed E-state index contributed by atoms with van der Waals surface area (Å²) >= 11 is 0. The maximum absolute atomic E-state index is 12.7. The molecule has 2 heterocycles. The van der Waals surface area contributed by atoms with E-state index in [1.165, 1.54) is 0 Å². The fourth-order valence-electron chi connectivity index (χ4n) is 3.81. The summed E-state index contributed by atoms with van der Waals surface area (Å²) in [6.45, 7) is 10.3. The van der Waals surface area contributed by atoms with E-state index in [9.17, 15) is 9.59 Å². The van der Waals surface area contributed by atoms with Gasteiger partial charge in [-0.15, -0.1) is 0 Å². The summed E-state index contributed by atoms with van der Waals surface area (Å²) < 4.78 is 11.4. The van der Waals surface area contributed by atoms with E-state index in [0.717, 1.165) is 0 Å². The van der Waals surface area contributed by atoms with Crippen molar-refractivity contribution in [3.8, 4) is 0 Å². The van der Waals surface area contributed by atoms with E-state index in [4.69, 9.17) is 9.47 Å². The second-order valence-corrected chi connectivity index (χ2v) is 7.51. The van der Waals surface area contributed by atoms with Crippen LogP contribution in [0.2, 0.25) is 0 Å². The average molecular weight is 360 g/mol. The van der Waals surface area contributed by atoms with Crippen LogP contribution in [0, 0.1) is 0 Å². The minimum Gasteiger partial charge on any atom is -0.372 e. The third kappa shape index (κ3) is 4.24. The third-order valence-corrected chi connectivity index (χ3v) is 4.79. The molecule has 1 aromatic rings. The SMILES string of the molecule is C[C@@H]1CN(C(=O)c2ccc(C(=O)N3C[C@@H](C)O[C@@H](C)C3)cc2)C[C@H](C)O1. The zero-order chi connectivity index (χ0) is 18.8. The molecule has 0 radical (unpaired) electrons. The highest BCUT2D eigenvalue weighted by Gasteiger charge is 2.28. The first-order chi connectivity index (χ1) is 12.3. The van der Waals surface area contributed by atoms with Crippen molar-refractivity contribution in [2.75, 3.05) is 26.2 Å². The van der Waals surface area contributed by atoms with E-state index >= 15 is 0 Å². The first-order valence-corrected chi connectivity index (χ1v) is 9.33. The maximum Gasteiger partial charge on any atom is 0.254 e. The van der Waals surface area contributed by atoms with Gasteiger partial charge in [-0.3, -0.25) is 9.59 Å². The van der Waals surface area contributed by atoms with Crippen molar-refractivity contribution < 1.29 is 19.1 Å². The van der Waals surface area contributed by atoms with Gasteiger partial charge in [0.15, 0.2) is 0 Å². The molecular weight excluding hydrogens is 332 g/mol. The molecule has 2 aliphatic heterocycles. The Kier molecular flexibility index (Phi) is 5.63. The van der Waals surface area contributed by atoms with Crippen LogP contribution in [0.4, 0.5) is 0 Å². The van der Waals surface area contributed by atoms with Gasteiger partial charge in [0.2, 0.25) is 0 Å². The molecule has 0 N–H and O–H groups in total. The van der Waals surface area contributed by atoms with Crippen molar-refractivity contribution in [2.24, 2.45) is 0 Å². The van der Waals surface area contributed by atoms with E-state index in [2.05, 4.69) is 0 Å². The van der Waals surface area contributed by atoms with Gasteiger partial charge in [-0.2, -0.15) is 0 Å². The molecule has 0 saturated carbocycles. The van der Waals surface area contributed by atoms with E-state index in [1.807, 2.05) is 37.5 Å². The number of rotatable bonds is 2. The first-order valence-electron chi connectivity index (χ1n) is 9.33. The number of carbonyl (C=O) groups is 2. The molecule has 0 spiro atoms. The second kappa shape index (κ2) is 7.76. The highest BCUT2D eigenvalue weighted by atomic mass is 16.5. The van der Waals surface area contributed by atoms with E-state index in [-0.39, 0.29) is 36.2 Å². The molecule has 0 unspecified atom stereocenters. The van der Waals surface area contributed by atoms with Crippen LogP contribution in [0.5, 0.6) is 0 Å². The topological polar surface area (TPSA) is 59.1 Å². The Morgan fingerprint density at radius 2 is 0.962 bits per heavy atom. The standard InChI is InChI=1S/C20H28N2O4/c1-13-9-21(10-14(2)25-13)19(23)17-5-7-18(8-6-17)20(24)22-11-15(3)26-16(4)12-22/h5-8,13-16H,9-12H2,1-4H3/t13-,14+,15-,16+. The number of benzene rings is 1. The summed E-state index contributed by atoms with van der Waals surface area (Å²) in [6.07, 6.45) is 0.144. The second-order valence-electron chi connectivity index (χ2n) is 7.51. The van der Waals surface area contributed by atoms with Gasteiger partial charge in [-0.05, 0) is 52.0 Å². The summed E-state index contributed by atoms with van der Waals surface area (Å²) in [5.41, 5.74) is 1.21. The molecule has 6 nitrogen and oxygen atoms in total. The van der Waals surface area contributed by atoms with Crippen molar-refractivity contribution in [2.45, 2.75) is 52.1 Å². The lowest BCUT2D eigenvalue weighted by molar-refractivity contribution is -0.0587. The Labute approximate surface area is 155 Å². The molecule has 1 aromatic carbocycles. The monoisotopic (exact) mass is 360 g/mol. The summed E-state index contributed by atoms with van der Waals surface area (Å²) in [7, 11) is 0. The summed E-state index contributed by atoms with van der Waals surface area (Å²) in [6, 6.07) is 6.97. The molecule has 3 rings (SSSR count). The van der Waals surface area contributed by atoms with Gasteiger partial charge < -0.3 is 19.3 Å². The number of morpholine rings is 2. The highest BCUT2D eigenvalue weighted by Crippen LogP contribution is 2.17. The molecular formula is C20H28N2O4. The predicted octanol–water partition coefficient (Wildman–Crippen LogP) is 2.19. The van der Waals surface area contributed by atoms with Crippen LogP contribution in [0.3, 0.4) is 0 Å². The smallest absolute Gasteiger partial charge is 0.254 e. The molecule has 4 atom stereocenters. The van der Waals surface area contributed by atoms with Gasteiger partial charge >= 0.3 is 0 Å². The number of nitrogens with zero attached hydrogens (tertiary/aromatic N) is 2. The number of hydrogen-bond acceptors (Lipinski definition) is 4.